The third-order valence-electron chi connectivity index (χ3n) is 2.61. The molecule has 1 heterocycles. The summed E-state index contributed by atoms with van der Waals surface area (Å²) in [5, 5.41) is 0. The molecular formula is C12H15FN2O2. The van der Waals surface area contributed by atoms with Gasteiger partial charge in [0.2, 0.25) is 0 Å². The van der Waals surface area contributed by atoms with Crippen LogP contribution < -0.4 is 5.73 Å². The molecule has 2 unspecified atom stereocenters. The van der Waals surface area contributed by atoms with Gasteiger partial charge in [0, 0.05) is 0 Å². The van der Waals surface area contributed by atoms with Gasteiger partial charge in [0.25, 0.3) is 6.02 Å². The molecule has 5 heteroatoms. The molecule has 0 aromatic heterocycles. The predicted molar refractivity (Wildman–Crippen MR) is 62.1 cm³/mol. The van der Waals surface area contributed by atoms with Crippen molar-refractivity contribution < 1.29 is 13.9 Å². The van der Waals surface area contributed by atoms with Crippen molar-refractivity contribution in [2.24, 2.45) is 10.7 Å². The average molecular weight is 238 g/mol. The molecule has 2 N–H and O–H groups in total. The van der Waals surface area contributed by atoms with Crippen LogP contribution in [0.5, 0.6) is 0 Å². The Kier molecular flexibility index (Phi) is 3.58. The minimum atomic E-state index is -0.248. The van der Waals surface area contributed by atoms with Crippen LogP contribution in [-0.2, 0) is 9.47 Å². The minimum Gasteiger partial charge on any atom is -0.463 e. The normalized spacial score (nSPS) is 20.8. The molecule has 0 amide bonds. The number of hydrogen-bond donors (Lipinski definition) is 1. The maximum Gasteiger partial charge on any atom is 0.282 e. The first kappa shape index (κ1) is 11.9. The second kappa shape index (κ2) is 5.14. The Morgan fingerprint density at radius 3 is 2.82 bits per heavy atom. The molecule has 0 spiro atoms. The molecule has 0 bridgehead atoms. The van der Waals surface area contributed by atoms with Crippen LogP contribution in [0, 0.1) is 5.82 Å². The Labute approximate surface area is 99.2 Å². The third-order valence-corrected chi connectivity index (χ3v) is 2.61. The first-order valence-electron chi connectivity index (χ1n) is 5.48. The molecule has 1 aliphatic rings. The summed E-state index contributed by atoms with van der Waals surface area (Å²) in [6.07, 6.45) is -0.104. The standard InChI is InChI=1S/C12H15FN2O2/c1-8(9-2-4-10(13)5-3-9)16-6-11-7-17-12(14)15-11/h2-5,8,11H,6-7H2,1H3,(H2,14,15). The van der Waals surface area contributed by atoms with Gasteiger partial charge in [-0.15, -0.1) is 0 Å². The van der Waals surface area contributed by atoms with E-state index in [1.165, 1.54) is 12.1 Å². The molecule has 4 nitrogen and oxygen atoms in total. The van der Waals surface area contributed by atoms with E-state index in [1.807, 2.05) is 6.92 Å². The summed E-state index contributed by atoms with van der Waals surface area (Å²) in [6.45, 7) is 2.82. The Balaban J connectivity index is 1.85. The van der Waals surface area contributed by atoms with Crippen molar-refractivity contribution in [1.82, 2.24) is 0 Å². The van der Waals surface area contributed by atoms with Gasteiger partial charge in [0.1, 0.15) is 18.5 Å². The number of ether oxygens (including phenoxy) is 2. The van der Waals surface area contributed by atoms with Crippen molar-refractivity contribution in [1.29, 1.82) is 0 Å². The van der Waals surface area contributed by atoms with Gasteiger partial charge in [0.05, 0.1) is 12.7 Å². The summed E-state index contributed by atoms with van der Waals surface area (Å²) < 4.78 is 23.4. The van der Waals surface area contributed by atoms with Gasteiger partial charge in [-0.1, -0.05) is 12.1 Å². The summed E-state index contributed by atoms with van der Waals surface area (Å²) in [5.74, 6) is -0.248. The van der Waals surface area contributed by atoms with Crippen LogP contribution in [-0.4, -0.2) is 25.3 Å². The summed E-state index contributed by atoms with van der Waals surface area (Å²) in [6, 6.07) is 6.44. The molecule has 0 radical (unpaired) electrons. The fourth-order valence-corrected chi connectivity index (χ4v) is 1.61. The number of halogens is 1. The first-order valence-corrected chi connectivity index (χ1v) is 5.48. The lowest BCUT2D eigenvalue weighted by atomic mass is 10.1. The molecule has 1 aliphatic heterocycles. The predicted octanol–water partition coefficient (Wildman–Crippen LogP) is 1.62. The first-order chi connectivity index (χ1) is 8.15. The Hall–Kier alpha value is -1.62. The lowest BCUT2D eigenvalue weighted by Crippen LogP contribution is -2.16. The van der Waals surface area contributed by atoms with Gasteiger partial charge in [-0.3, -0.25) is 0 Å². The van der Waals surface area contributed by atoms with Crippen LogP contribution >= 0.6 is 0 Å². The van der Waals surface area contributed by atoms with Gasteiger partial charge in [-0.05, 0) is 24.6 Å². The number of rotatable bonds is 4. The van der Waals surface area contributed by atoms with E-state index in [4.69, 9.17) is 15.2 Å². The van der Waals surface area contributed by atoms with Crippen LogP contribution in [0.15, 0.2) is 29.3 Å². The van der Waals surface area contributed by atoms with Crippen LogP contribution in [0.25, 0.3) is 0 Å². The number of nitrogens with two attached hydrogens (primary N) is 1. The number of amidine groups is 1. The molecular weight excluding hydrogens is 223 g/mol. The highest BCUT2D eigenvalue weighted by Crippen LogP contribution is 2.18. The Morgan fingerprint density at radius 1 is 1.53 bits per heavy atom. The van der Waals surface area contributed by atoms with Gasteiger partial charge >= 0.3 is 0 Å². The maximum atomic E-state index is 12.7. The molecule has 17 heavy (non-hydrogen) atoms. The third kappa shape index (κ3) is 3.17. The van der Waals surface area contributed by atoms with E-state index in [0.29, 0.717) is 13.2 Å². The van der Waals surface area contributed by atoms with Gasteiger partial charge < -0.3 is 15.2 Å². The highest BCUT2D eigenvalue weighted by atomic mass is 19.1. The molecule has 92 valence electrons. The van der Waals surface area contributed by atoms with E-state index >= 15 is 0 Å². The van der Waals surface area contributed by atoms with E-state index in [-0.39, 0.29) is 24.0 Å². The fraction of sp³-hybridized carbons (Fsp3) is 0.417. The summed E-state index contributed by atoms with van der Waals surface area (Å²) in [5.41, 5.74) is 6.32. The number of nitrogens with zero attached hydrogens (tertiary/aromatic N) is 1. The molecule has 0 saturated heterocycles. The fourth-order valence-electron chi connectivity index (χ4n) is 1.61. The number of hydrogen-bond acceptors (Lipinski definition) is 4. The Morgan fingerprint density at radius 2 is 2.24 bits per heavy atom. The quantitative estimate of drug-likeness (QED) is 0.867. The molecule has 1 aromatic rings. The molecule has 2 atom stereocenters. The molecule has 0 aliphatic carbocycles. The van der Waals surface area contributed by atoms with Crippen LogP contribution in [0.3, 0.4) is 0 Å². The van der Waals surface area contributed by atoms with Gasteiger partial charge in [0.15, 0.2) is 0 Å². The van der Waals surface area contributed by atoms with E-state index in [1.54, 1.807) is 12.1 Å². The number of benzene rings is 1. The van der Waals surface area contributed by atoms with Gasteiger partial charge in [-0.25, -0.2) is 9.38 Å². The largest absolute Gasteiger partial charge is 0.463 e. The number of aliphatic imine (C=N–C) groups is 1. The zero-order valence-corrected chi connectivity index (χ0v) is 9.60. The second-order valence-electron chi connectivity index (χ2n) is 3.96. The van der Waals surface area contributed by atoms with E-state index < -0.39 is 0 Å². The van der Waals surface area contributed by atoms with E-state index in [0.717, 1.165) is 5.56 Å². The lowest BCUT2D eigenvalue weighted by Gasteiger charge is -2.14. The van der Waals surface area contributed by atoms with Gasteiger partial charge in [-0.2, -0.15) is 0 Å². The zero-order valence-electron chi connectivity index (χ0n) is 9.60. The van der Waals surface area contributed by atoms with E-state index in [9.17, 15) is 4.39 Å². The highest BCUT2D eigenvalue weighted by molar-refractivity contribution is 5.73. The molecule has 0 saturated carbocycles. The van der Waals surface area contributed by atoms with Crippen molar-refractivity contribution in [3.8, 4) is 0 Å². The van der Waals surface area contributed by atoms with Crippen LogP contribution in [0.4, 0.5) is 4.39 Å². The molecule has 2 rings (SSSR count). The van der Waals surface area contributed by atoms with Crippen molar-refractivity contribution in [3.63, 3.8) is 0 Å². The van der Waals surface area contributed by atoms with Crippen molar-refractivity contribution >= 4 is 6.02 Å². The topological polar surface area (TPSA) is 56.8 Å². The monoisotopic (exact) mass is 238 g/mol. The van der Waals surface area contributed by atoms with Crippen LogP contribution in [0.2, 0.25) is 0 Å². The van der Waals surface area contributed by atoms with Crippen molar-refractivity contribution in [2.75, 3.05) is 13.2 Å². The van der Waals surface area contributed by atoms with E-state index in [2.05, 4.69) is 4.99 Å². The highest BCUT2D eigenvalue weighted by Gasteiger charge is 2.18. The summed E-state index contributed by atoms with van der Waals surface area (Å²) >= 11 is 0. The summed E-state index contributed by atoms with van der Waals surface area (Å²) in [7, 11) is 0. The smallest absolute Gasteiger partial charge is 0.282 e. The van der Waals surface area contributed by atoms with Crippen molar-refractivity contribution in [2.45, 2.75) is 19.1 Å². The zero-order chi connectivity index (χ0) is 12.3. The lowest BCUT2D eigenvalue weighted by molar-refractivity contribution is 0.0516. The summed E-state index contributed by atoms with van der Waals surface area (Å²) in [4.78, 5) is 4.06. The SMILES string of the molecule is CC(OCC1COC(N)=N1)c1ccc(F)cc1. The van der Waals surface area contributed by atoms with Crippen LogP contribution in [0.1, 0.15) is 18.6 Å². The van der Waals surface area contributed by atoms with Crippen molar-refractivity contribution in [3.05, 3.63) is 35.6 Å². The molecule has 1 aromatic carbocycles. The minimum absolute atomic E-state index is 0.0436. The Bertz CT molecular complexity index is 405. The molecule has 0 fully saturated rings. The average Bonchev–Trinajstić information content (AvgIpc) is 2.73. The maximum absolute atomic E-state index is 12.7. The second-order valence-corrected chi connectivity index (χ2v) is 3.96.